The van der Waals surface area contributed by atoms with Gasteiger partial charge in [0, 0.05) is 18.7 Å². The Morgan fingerprint density at radius 1 is 1.18 bits per heavy atom. The van der Waals surface area contributed by atoms with Gasteiger partial charge < -0.3 is 19.5 Å². The second kappa shape index (κ2) is 4.84. The molecule has 2 aliphatic rings. The molecule has 0 bridgehead atoms. The Morgan fingerprint density at radius 2 is 2.06 bits per heavy atom. The zero-order valence-electron chi connectivity index (χ0n) is 9.37. The zero-order valence-corrected chi connectivity index (χ0v) is 11.0. The van der Waals surface area contributed by atoms with Crippen LogP contribution in [0.25, 0.3) is 0 Å². The number of morpholine rings is 1. The molecule has 4 nitrogen and oxygen atoms in total. The molecule has 0 amide bonds. The van der Waals surface area contributed by atoms with Crippen LogP contribution in [0.1, 0.15) is 11.7 Å². The third-order valence-electron chi connectivity index (χ3n) is 2.95. The van der Waals surface area contributed by atoms with Gasteiger partial charge in [0.05, 0.1) is 17.2 Å². The van der Waals surface area contributed by atoms with Crippen molar-refractivity contribution in [1.29, 1.82) is 0 Å². The van der Waals surface area contributed by atoms with Gasteiger partial charge in [0.25, 0.3) is 0 Å². The van der Waals surface area contributed by atoms with Crippen molar-refractivity contribution in [2.45, 2.75) is 6.10 Å². The minimum atomic E-state index is 0.0777. The van der Waals surface area contributed by atoms with E-state index in [1.807, 2.05) is 12.1 Å². The lowest BCUT2D eigenvalue weighted by Crippen LogP contribution is -2.33. The van der Waals surface area contributed by atoms with Crippen LogP contribution in [0.4, 0.5) is 0 Å². The lowest BCUT2D eigenvalue weighted by molar-refractivity contribution is 0.0268. The van der Waals surface area contributed by atoms with Crippen LogP contribution in [0.2, 0.25) is 0 Å². The van der Waals surface area contributed by atoms with Crippen molar-refractivity contribution < 1.29 is 14.2 Å². The summed E-state index contributed by atoms with van der Waals surface area (Å²) in [6, 6.07) is 3.99. The zero-order chi connectivity index (χ0) is 11.7. The summed E-state index contributed by atoms with van der Waals surface area (Å²) in [5.41, 5.74) is 1.11. The number of hydrogen-bond donors (Lipinski definition) is 1. The molecule has 1 unspecified atom stereocenters. The Balaban J connectivity index is 1.94. The van der Waals surface area contributed by atoms with Gasteiger partial charge >= 0.3 is 0 Å². The monoisotopic (exact) mass is 299 g/mol. The molecule has 0 radical (unpaired) electrons. The lowest BCUT2D eigenvalue weighted by Gasteiger charge is -2.27. The summed E-state index contributed by atoms with van der Waals surface area (Å²) in [5.74, 6) is 1.60. The Morgan fingerprint density at radius 3 is 2.88 bits per heavy atom. The van der Waals surface area contributed by atoms with Crippen LogP contribution in [0, 0.1) is 0 Å². The van der Waals surface area contributed by atoms with Crippen molar-refractivity contribution in [3.8, 4) is 11.5 Å². The molecule has 92 valence electrons. The Hall–Kier alpha value is -0.780. The molecule has 5 heteroatoms. The van der Waals surface area contributed by atoms with E-state index in [1.165, 1.54) is 0 Å². The van der Waals surface area contributed by atoms with Gasteiger partial charge in [0.15, 0.2) is 11.5 Å². The van der Waals surface area contributed by atoms with Crippen LogP contribution < -0.4 is 14.8 Å². The number of hydrogen-bond acceptors (Lipinski definition) is 4. The third-order valence-corrected chi connectivity index (χ3v) is 3.77. The molecule has 1 saturated heterocycles. The van der Waals surface area contributed by atoms with Gasteiger partial charge in [-0.05, 0) is 22.0 Å². The number of nitrogens with one attached hydrogen (secondary N) is 1. The van der Waals surface area contributed by atoms with E-state index >= 15 is 0 Å². The maximum absolute atomic E-state index is 5.75. The molecule has 1 fully saturated rings. The normalized spacial score (nSPS) is 23.5. The maximum Gasteiger partial charge on any atom is 0.175 e. The summed E-state index contributed by atoms with van der Waals surface area (Å²) in [6.45, 7) is 3.70. The minimum Gasteiger partial charge on any atom is -0.486 e. The van der Waals surface area contributed by atoms with Crippen LogP contribution in [0.5, 0.6) is 11.5 Å². The molecule has 2 heterocycles. The maximum atomic E-state index is 5.75. The number of ether oxygens (including phenoxy) is 3. The van der Waals surface area contributed by atoms with E-state index < -0.39 is 0 Å². The van der Waals surface area contributed by atoms with E-state index in [9.17, 15) is 0 Å². The second-order valence-electron chi connectivity index (χ2n) is 4.06. The largest absolute Gasteiger partial charge is 0.486 e. The van der Waals surface area contributed by atoms with Crippen molar-refractivity contribution in [2.24, 2.45) is 0 Å². The average molecular weight is 300 g/mol. The van der Waals surface area contributed by atoms with Crippen LogP contribution in [-0.4, -0.2) is 32.9 Å². The summed E-state index contributed by atoms with van der Waals surface area (Å²) < 4.78 is 17.9. The first kappa shape index (κ1) is 11.3. The average Bonchev–Trinajstić information content (AvgIpc) is 2.40. The van der Waals surface area contributed by atoms with Crippen LogP contribution in [-0.2, 0) is 4.74 Å². The highest BCUT2D eigenvalue weighted by Crippen LogP contribution is 2.42. The fourth-order valence-corrected chi connectivity index (χ4v) is 2.81. The first-order chi connectivity index (χ1) is 8.36. The Labute approximate surface area is 108 Å². The van der Waals surface area contributed by atoms with Gasteiger partial charge in [-0.3, -0.25) is 0 Å². The van der Waals surface area contributed by atoms with E-state index in [0.717, 1.165) is 41.2 Å². The van der Waals surface area contributed by atoms with Gasteiger partial charge in [0.2, 0.25) is 0 Å². The van der Waals surface area contributed by atoms with E-state index in [0.29, 0.717) is 13.2 Å². The summed E-state index contributed by atoms with van der Waals surface area (Å²) in [7, 11) is 0. The van der Waals surface area contributed by atoms with Crippen molar-refractivity contribution in [3.63, 3.8) is 0 Å². The van der Waals surface area contributed by atoms with E-state index in [4.69, 9.17) is 14.2 Å². The quantitative estimate of drug-likeness (QED) is 0.859. The molecule has 1 atom stereocenters. The molecular formula is C12H14BrNO3. The lowest BCUT2D eigenvalue weighted by atomic mass is 10.1. The second-order valence-corrected chi connectivity index (χ2v) is 4.85. The number of rotatable bonds is 1. The molecule has 0 aromatic heterocycles. The van der Waals surface area contributed by atoms with Crippen LogP contribution >= 0.6 is 15.9 Å². The van der Waals surface area contributed by atoms with Crippen molar-refractivity contribution in [3.05, 3.63) is 22.2 Å². The molecular weight excluding hydrogens is 286 g/mol. The van der Waals surface area contributed by atoms with Crippen LogP contribution in [0.15, 0.2) is 16.6 Å². The van der Waals surface area contributed by atoms with Gasteiger partial charge in [-0.15, -0.1) is 0 Å². The standard InChI is InChI=1S/C12H14BrNO3/c13-11-8(10-7-14-3-4-15-10)1-2-9-12(11)17-6-5-16-9/h1-2,10,14H,3-7H2. The molecule has 1 aromatic carbocycles. The summed E-state index contributed by atoms with van der Waals surface area (Å²) in [5, 5.41) is 3.32. The van der Waals surface area contributed by atoms with E-state index in [-0.39, 0.29) is 6.10 Å². The molecule has 1 aromatic rings. The molecule has 0 spiro atoms. The van der Waals surface area contributed by atoms with E-state index in [2.05, 4.69) is 21.2 Å². The van der Waals surface area contributed by atoms with Gasteiger partial charge in [-0.1, -0.05) is 6.07 Å². The van der Waals surface area contributed by atoms with Gasteiger partial charge in [-0.2, -0.15) is 0 Å². The SMILES string of the molecule is Brc1c(C2CNCCO2)ccc2c1OCCO2. The smallest absolute Gasteiger partial charge is 0.175 e. The van der Waals surface area contributed by atoms with Gasteiger partial charge in [-0.25, -0.2) is 0 Å². The summed E-state index contributed by atoms with van der Waals surface area (Å²) in [6.07, 6.45) is 0.0777. The molecule has 17 heavy (non-hydrogen) atoms. The predicted octanol–water partition coefficient (Wildman–Crippen LogP) is 1.88. The number of fused-ring (bicyclic) bond motifs is 1. The van der Waals surface area contributed by atoms with E-state index in [1.54, 1.807) is 0 Å². The van der Waals surface area contributed by atoms with Gasteiger partial charge in [0.1, 0.15) is 13.2 Å². The fourth-order valence-electron chi connectivity index (χ4n) is 2.11. The topological polar surface area (TPSA) is 39.7 Å². The molecule has 0 aliphatic carbocycles. The highest BCUT2D eigenvalue weighted by atomic mass is 79.9. The highest BCUT2D eigenvalue weighted by molar-refractivity contribution is 9.10. The highest BCUT2D eigenvalue weighted by Gasteiger charge is 2.24. The molecule has 0 saturated carbocycles. The minimum absolute atomic E-state index is 0.0777. The Bertz CT molecular complexity index is 418. The van der Waals surface area contributed by atoms with Crippen molar-refractivity contribution in [1.82, 2.24) is 5.32 Å². The third kappa shape index (κ3) is 2.14. The first-order valence-electron chi connectivity index (χ1n) is 5.76. The summed E-state index contributed by atoms with van der Waals surface area (Å²) >= 11 is 3.59. The fraction of sp³-hybridized carbons (Fsp3) is 0.500. The number of benzene rings is 1. The van der Waals surface area contributed by atoms with Crippen molar-refractivity contribution >= 4 is 15.9 Å². The molecule has 2 aliphatic heterocycles. The number of halogens is 1. The predicted molar refractivity (Wildman–Crippen MR) is 66.7 cm³/mol. The molecule has 1 N–H and O–H groups in total. The molecule has 3 rings (SSSR count). The Kier molecular flexibility index (Phi) is 3.22. The van der Waals surface area contributed by atoms with Crippen LogP contribution in [0.3, 0.4) is 0 Å². The first-order valence-corrected chi connectivity index (χ1v) is 6.56. The van der Waals surface area contributed by atoms with Crippen molar-refractivity contribution in [2.75, 3.05) is 32.9 Å². The summed E-state index contributed by atoms with van der Waals surface area (Å²) in [4.78, 5) is 0.